The van der Waals surface area contributed by atoms with Gasteiger partial charge in [0.25, 0.3) is 0 Å². The van der Waals surface area contributed by atoms with Crippen LogP contribution in [0.4, 0.5) is 0 Å². The highest BCUT2D eigenvalue weighted by molar-refractivity contribution is 5.90. The van der Waals surface area contributed by atoms with Gasteiger partial charge in [-0.15, -0.1) is 0 Å². The second kappa shape index (κ2) is 8.50. The van der Waals surface area contributed by atoms with Crippen molar-refractivity contribution in [1.29, 1.82) is 0 Å². The molecule has 0 aliphatic heterocycles. The summed E-state index contributed by atoms with van der Waals surface area (Å²) < 4.78 is 4.74. The van der Waals surface area contributed by atoms with Crippen molar-refractivity contribution in [1.82, 2.24) is 5.32 Å². The molecule has 1 amide bonds. The summed E-state index contributed by atoms with van der Waals surface area (Å²) in [6, 6.07) is 0. The predicted molar refractivity (Wildman–Crippen MR) is 69.9 cm³/mol. The molecule has 1 rings (SSSR count). The van der Waals surface area contributed by atoms with Gasteiger partial charge < -0.3 is 10.1 Å². The molecule has 0 aromatic carbocycles. The molecular formula is C14H21NO3. The van der Waals surface area contributed by atoms with Crippen molar-refractivity contribution in [3.63, 3.8) is 0 Å². The lowest BCUT2D eigenvalue weighted by Crippen LogP contribution is -2.29. The summed E-state index contributed by atoms with van der Waals surface area (Å²) in [7, 11) is 0. The normalized spacial score (nSPS) is 16.4. The summed E-state index contributed by atoms with van der Waals surface area (Å²) in [4.78, 5) is 22.5. The smallest absolute Gasteiger partial charge is 0.325 e. The van der Waals surface area contributed by atoms with Crippen molar-refractivity contribution in [3.8, 4) is 0 Å². The number of nitrogens with one attached hydrogen (secondary N) is 1. The zero-order valence-electron chi connectivity index (χ0n) is 10.7. The Morgan fingerprint density at radius 2 is 2.00 bits per heavy atom. The van der Waals surface area contributed by atoms with Crippen LogP contribution in [0.3, 0.4) is 0 Å². The van der Waals surface area contributed by atoms with Crippen LogP contribution in [0, 0.1) is 5.92 Å². The van der Waals surface area contributed by atoms with Crippen LogP contribution in [0.1, 0.15) is 32.1 Å². The maximum absolute atomic E-state index is 11.4. The van der Waals surface area contributed by atoms with Crippen molar-refractivity contribution >= 4 is 11.9 Å². The van der Waals surface area contributed by atoms with Crippen LogP contribution in [0.25, 0.3) is 0 Å². The molecule has 0 radical (unpaired) electrons. The second-order valence-electron chi connectivity index (χ2n) is 4.45. The summed E-state index contributed by atoms with van der Waals surface area (Å²) in [5.41, 5.74) is 0. The first-order valence-corrected chi connectivity index (χ1v) is 6.45. The molecule has 0 aromatic rings. The van der Waals surface area contributed by atoms with E-state index in [1.54, 1.807) is 0 Å². The monoisotopic (exact) mass is 251 g/mol. The van der Waals surface area contributed by atoms with Gasteiger partial charge >= 0.3 is 5.97 Å². The molecule has 18 heavy (non-hydrogen) atoms. The van der Waals surface area contributed by atoms with Gasteiger partial charge in [0.15, 0.2) is 0 Å². The van der Waals surface area contributed by atoms with Crippen molar-refractivity contribution in [2.24, 2.45) is 5.92 Å². The molecule has 100 valence electrons. The molecule has 0 aromatic heterocycles. The molecule has 0 bridgehead atoms. The molecule has 0 unspecified atom stereocenters. The Morgan fingerprint density at radius 1 is 1.28 bits per heavy atom. The largest absolute Gasteiger partial charge is 0.460 e. The minimum absolute atomic E-state index is 0.0956. The Hall–Kier alpha value is -1.58. The molecule has 4 heteroatoms. The molecule has 1 aliphatic rings. The van der Waals surface area contributed by atoms with Gasteiger partial charge in [0.05, 0.1) is 0 Å². The molecule has 4 nitrogen and oxygen atoms in total. The highest BCUT2D eigenvalue weighted by Crippen LogP contribution is 2.24. The first kappa shape index (κ1) is 14.5. The van der Waals surface area contributed by atoms with Gasteiger partial charge in [-0.3, -0.25) is 9.59 Å². The lowest BCUT2D eigenvalue weighted by Gasteiger charge is -2.17. The SMILES string of the molecule is C=CCOC(=O)CNC(=O)/C=C/C1CCCCC1. The molecule has 1 fully saturated rings. The summed E-state index contributed by atoms with van der Waals surface area (Å²) >= 11 is 0. The van der Waals surface area contributed by atoms with Crippen LogP contribution >= 0.6 is 0 Å². The van der Waals surface area contributed by atoms with Crippen molar-refractivity contribution in [2.75, 3.05) is 13.2 Å². The van der Waals surface area contributed by atoms with Crippen LogP contribution in [-0.4, -0.2) is 25.0 Å². The summed E-state index contributed by atoms with van der Waals surface area (Å²) in [6.07, 6.45) is 11.1. The number of hydrogen-bond acceptors (Lipinski definition) is 3. The highest BCUT2D eigenvalue weighted by atomic mass is 16.5. The van der Waals surface area contributed by atoms with E-state index in [0.717, 1.165) is 12.8 Å². The molecule has 0 spiro atoms. The number of ether oxygens (including phenoxy) is 1. The number of allylic oxidation sites excluding steroid dienone is 1. The van der Waals surface area contributed by atoms with E-state index in [0.29, 0.717) is 5.92 Å². The Morgan fingerprint density at radius 3 is 2.67 bits per heavy atom. The van der Waals surface area contributed by atoms with E-state index >= 15 is 0 Å². The predicted octanol–water partition coefficient (Wildman–Crippen LogP) is 1.97. The molecular weight excluding hydrogens is 230 g/mol. The Bertz CT molecular complexity index is 317. The van der Waals surface area contributed by atoms with E-state index in [-0.39, 0.29) is 19.1 Å². The Labute approximate surface area is 108 Å². The van der Waals surface area contributed by atoms with Gasteiger partial charge in [0, 0.05) is 0 Å². The van der Waals surface area contributed by atoms with Crippen molar-refractivity contribution < 1.29 is 14.3 Å². The number of hydrogen-bond donors (Lipinski definition) is 1. The van der Waals surface area contributed by atoms with Gasteiger partial charge in [-0.05, 0) is 24.8 Å². The summed E-state index contributed by atoms with van der Waals surface area (Å²) in [6.45, 7) is 3.51. The van der Waals surface area contributed by atoms with Crippen LogP contribution in [0.15, 0.2) is 24.8 Å². The van der Waals surface area contributed by atoms with E-state index in [1.165, 1.54) is 31.4 Å². The first-order chi connectivity index (χ1) is 8.72. The zero-order chi connectivity index (χ0) is 13.2. The van der Waals surface area contributed by atoms with Gasteiger partial charge in [0.2, 0.25) is 5.91 Å². The van der Waals surface area contributed by atoms with Gasteiger partial charge in [-0.1, -0.05) is 38.0 Å². The Kier molecular flexibility index (Phi) is 6.84. The third-order valence-electron chi connectivity index (χ3n) is 2.94. The number of rotatable bonds is 6. The number of carbonyl (C=O) groups excluding carboxylic acids is 2. The van der Waals surface area contributed by atoms with E-state index in [4.69, 9.17) is 4.74 Å². The number of esters is 1. The third kappa shape index (κ3) is 6.23. The van der Waals surface area contributed by atoms with Gasteiger partial charge in [-0.25, -0.2) is 0 Å². The minimum Gasteiger partial charge on any atom is -0.460 e. The third-order valence-corrected chi connectivity index (χ3v) is 2.94. The topological polar surface area (TPSA) is 55.4 Å². The number of amides is 1. The summed E-state index contributed by atoms with van der Waals surface area (Å²) in [5.74, 6) is -0.178. The highest BCUT2D eigenvalue weighted by Gasteiger charge is 2.10. The second-order valence-corrected chi connectivity index (χ2v) is 4.45. The molecule has 0 atom stereocenters. The fraction of sp³-hybridized carbons (Fsp3) is 0.571. The fourth-order valence-corrected chi connectivity index (χ4v) is 1.97. The van der Waals surface area contributed by atoms with Crippen molar-refractivity contribution in [2.45, 2.75) is 32.1 Å². The lowest BCUT2D eigenvalue weighted by atomic mass is 9.89. The van der Waals surface area contributed by atoms with Gasteiger partial charge in [0.1, 0.15) is 13.2 Å². The lowest BCUT2D eigenvalue weighted by molar-refractivity contribution is -0.142. The standard InChI is InChI=1S/C14H21NO3/c1-2-10-18-14(17)11-15-13(16)9-8-12-6-4-3-5-7-12/h2,8-9,12H,1,3-7,10-11H2,(H,15,16)/b9-8+. The average molecular weight is 251 g/mol. The Balaban J connectivity index is 2.17. The van der Waals surface area contributed by atoms with E-state index < -0.39 is 5.97 Å². The molecule has 1 saturated carbocycles. The molecule has 1 aliphatic carbocycles. The van der Waals surface area contributed by atoms with Gasteiger partial charge in [-0.2, -0.15) is 0 Å². The minimum atomic E-state index is -0.450. The van der Waals surface area contributed by atoms with Crippen LogP contribution < -0.4 is 5.32 Å². The first-order valence-electron chi connectivity index (χ1n) is 6.45. The summed E-state index contributed by atoms with van der Waals surface area (Å²) in [5, 5.41) is 2.50. The van der Waals surface area contributed by atoms with Crippen LogP contribution in [-0.2, 0) is 14.3 Å². The quantitative estimate of drug-likeness (QED) is 0.446. The number of carbonyl (C=O) groups is 2. The van der Waals surface area contributed by atoms with E-state index in [9.17, 15) is 9.59 Å². The van der Waals surface area contributed by atoms with Crippen molar-refractivity contribution in [3.05, 3.63) is 24.8 Å². The average Bonchev–Trinajstić information content (AvgIpc) is 2.41. The molecule has 0 heterocycles. The zero-order valence-corrected chi connectivity index (χ0v) is 10.7. The molecule has 0 saturated heterocycles. The fourth-order valence-electron chi connectivity index (χ4n) is 1.97. The van der Waals surface area contributed by atoms with Crippen LogP contribution in [0.2, 0.25) is 0 Å². The van der Waals surface area contributed by atoms with E-state index in [1.807, 2.05) is 6.08 Å². The molecule has 1 N–H and O–H groups in total. The van der Waals surface area contributed by atoms with E-state index in [2.05, 4.69) is 11.9 Å². The maximum atomic E-state index is 11.4. The maximum Gasteiger partial charge on any atom is 0.325 e. The van der Waals surface area contributed by atoms with Crippen LogP contribution in [0.5, 0.6) is 0 Å².